The van der Waals surface area contributed by atoms with E-state index in [-0.39, 0.29) is 12.9 Å². The minimum absolute atomic E-state index is 0.116. The highest BCUT2D eigenvalue weighted by atomic mass is 16.7. The molecule has 2 aliphatic heterocycles. The van der Waals surface area contributed by atoms with E-state index in [1.165, 1.54) is 0 Å². The molecule has 1 aromatic carbocycles. The second-order valence-corrected chi connectivity index (χ2v) is 6.44. The number of hydrogen-bond donors (Lipinski definition) is 0. The van der Waals surface area contributed by atoms with Gasteiger partial charge in [0.1, 0.15) is 6.10 Å². The first-order valence-electron chi connectivity index (χ1n) is 8.68. The van der Waals surface area contributed by atoms with Crippen molar-refractivity contribution in [3.63, 3.8) is 0 Å². The van der Waals surface area contributed by atoms with Crippen LogP contribution in [-0.4, -0.2) is 41.9 Å². The third-order valence-corrected chi connectivity index (χ3v) is 4.79. The molecule has 1 aromatic heterocycles. The molecule has 3 heterocycles. The van der Waals surface area contributed by atoms with E-state index in [0.29, 0.717) is 12.5 Å². The molecule has 2 aliphatic rings. The largest absolute Gasteiger partial charge is 0.454 e. The lowest BCUT2D eigenvalue weighted by Gasteiger charge is -2.18. The highest BCUT2D eigenvalue weighted by Crippen LogP contribution is 2.33. The topological polar surface area (TPSA) is 67.6 Å². The molecule has 0 spiro atoms. The molecule has 1 unspecified atom stereocenters. The molecule has 2 aromatic rings. The maximum Gasteiger partial charge on any atom is 0.231 e. The molecule has 25 heavy (non-hydrogen) atoms. The standard InChI is InChI=1S/C18H23N3O4/c1-12(22-2)18-19-17(14-5-7-23-8-6-14)20-21(18)10-13-3-4-15-16(9-13)25-11-24-15/h3-4,9,12,14H,5-8,10-11H2,1-2H3. The Morgan fingerprint density at radius 1 is 1.24 bits per heavy atom. The number of rotatable bonds is 5. The number of ether oxygens (including phenoxy) is 4. The molecule has 134 valence electrons. The Labute approximate surface area is 146 Å². The number of benzene rings is 1. The lowest BCUT2D eigenvalue weighted by molar-refractivity contribution is 0.0834. The molecule has 7 heteroatoms. The van der Waals surface area contributed by atoms with Gasteiger partial charge in [0, 0.05) is 26.2 Å². The van der Waals surface area contributed by atoms with Crippen LogP contribution in [0.25, 0.3) is 0 Å². The zero-order valence-corrected chi connectivity index (χ0v) is 14.6. The fourth-order valence-corrected chi connectivity index (χ4v) is 3.24. The van der Waals surface area contributed by atoms with Gasteiger partial charge in [-0.3, -0.25) is 0 Å². The van der Waals surface area contributed by atoms with Gasteiger partial charge < -0.3 is 18.9 Å². The van der Waals surface area contributed by atoms with Crippen LogP contribution >= 0.6 is 0 Å². The molecular weight excluding hydrogens is 322 g/mol. The van der Waals surface area contributed by atoms with E-state index in [4.69, 9.17) is 29.0 Å². The summed E-state index contributed by atoms with van der Waals surface area (Å²) >= 11 is 0. The van der Waals surface area contributed by atoms with E-state index in [9.17, 15) is 0 Å². The van der Waals surface area contributed by atoms with Crippen molar-refractivity contribution < 1.29 is 18.9 Å². The lowest BCUT2D eigenvalue weighted by atomic mass is 10.00. The van der Waals surface area contributed by atoms with Gasteiger partial charge in [0.05, 0.1) is 6.54 Å². The number of aromatic nitrogens is 3. The van der Waals surface area contributed by atoms with Gasteiger partial charge in [-0.2, -0.15) is 5.10 Å². The Morgan fingerprint density at radius 2 is 2.04 bits per heavy atom. The van der Waals surface area contributed by atoms with E-state index >= 15 is 0 Å². The van der Waals surface area contributed by atoms with E-state index in [0.717, 1.165) is 54.8 Å². The number of nitrogens with zero attached hydrogens (tertiary/aromatic N) is 3. The van der Waals surface area contributed by atoms with Crippen molar-refractivity contribution in [2.45, 2.75) is 38.3 Å². The van der Waals surface area contributed by atoms with Gasteiger partial charge in [-0.15, -0.1) is 0 Å². The Balaban J connectivity index is 1.61. The zero-order valence-electron chi connectivity index (χ0n) is 14.6. The zero-order chi connectivity index (χ0) is 17.2. The van der Waals surface area contributed by atoms with Crippen molar-refractivity contribution in [3.8, 4) is 11.5 Å². The highest BCUT2D eigenvalue weighted by Gasteiger charge is 2.24. The Kier molecular flexibility index (Phi) is 4.59. The van der Waals surface area contributed by atoms with Crippen molar-refractivity contribution >= 4 is 0 Å². The molecule has 0 radical (unpaired) electrons. The third kappa shape index (κ3) is 3.34. The lowest BCUT2D eigenvalue weighted by Crippen LogP contribution is -2.15. The second kappa shape index (κ2) is 7.01. The first-order valence-corrected chi connectivity index (χ1v) is 8.68. The van der Waals surface area contributed by atoms with E-state index in [1.54, 1.807) is 7.11 Å². The fraction of sp³-hybridized carbons (Fsp3) is 0.556. The summed E-state index contributed by atoms with van der Waals surface area (Å²) in [4.78, 5) is 4.79. The van der Waals surface area contributed by atoms with Crippen molar-refractivity contribution in [3.05, 3.63) is 35.4 Å². The Morgan fingerprint density at radius 3 is 2.84 bits per heavy atom. The minimum atomic E-state index is -0.116. The van der Waals surface area contributed by atoms with Crippen molar-refractivity contribution in [1.82, 2.24) is 14.8 Å². The van der Waals surface area contributed by atoms with Gasteiger partial charge in [-0.25, -0.2) is 9.67 Å². The molecule has 0 amide bonds. The van der Waals surface area contributed by atoms with Crippen LogP contribution in [0.3, 0.4) is 0 Å². The molecule has 0 N–H and O–H groups in total. The highest BCUT2D eigenvalue weighted by molar-refractivity contribution is 5.44. The summed E-state index contributed by atoms with van der Waals surface area (Å²) in [5.41, 5.74) is 1.09. The molecule has 1 fully saturated rings. The van der Waals surface area contributed by atoms with Crippen molar-refractivity contribution in [1.29, 1.82) is 0 Å². The normalized spacial score (nSPS) is 18.5. The van der Waals surface area contributed by atoms with Gasteiger partial charge in [0.15, 0.2) is 23.1 Å². The first kappa shape index (κ1) is 16.4. The van der Waals surface area contributed by atoms with Gasteiger partial charge in [-0.1, -0.05) is 6.07 Å². The van der Waals surface area contributed by atoms with Gasteiger partial charge >= 0.3 is 0 Å². The second-order valence-electron chi connectivity index (χ2n) is 6.44. The molecule has 1 atom stereocenters. The van der Waals surface area contributed by atoms with E-state index < -0.39 is 0 Å². The quantitative estimate of drug-likeness (QED) is 0.830. The van der Waals surface area contributed by atoms with Crippen LogP contribution in [0.2, 0.25) is 0 Å². The third-order valence-electron chi connectivity index (χ3n) is 4.79. The van der Waals surface area contributed by atoms with E-state index in [1.807, 2.05) is 29.8 Å². The van der Waals surface area contributed by atoms with Crippen LogP contribution in [-0.2, 0) is 16.0 Å². The number of hydrogen-bond acceptors (Lipinski definition) is 6. The minimum Gasteiger partial charge on any atom is -0.454 e. The Hall–Kier alpha value is -2.12. The summed E-state index contributed by atoms with van der Waals surface area (Å²) in [6, 6.07) is 5.97. The molecule has 0 bridgehead atoms. The molecule has 1 saturated heterocycles. The average molecular weight is 345 g/mol. The van der Waals surface area contributed by atoms with Crippen LogP contribution < -0.4 is 9.47 Å². The molecule has 7 nitrogen and oxygen atoms in total. The first-order chi connectivity index (χ1) is 12.2. The van der Waals surface area contributed by atoms with E-state index in [2.05, 4.69) is 0 Å². The maximum atomic E-state index is 5.50. The number of methoxy groups -OCH3 is 1. The summed E-state index contributed by atoms with van der Waals surface area (Å²) in [6.45, 7) is 4.44. The monoisotopic (exact) mass is 345 g/mol. The van der Waals surface area contributed by atoms with Crippen LogP contribution in [0.1, 0.15) is 49.0 Å². The molecular formula is C18H23N3O4. The summed E-state index contributed by atoms with van der Waals surface area (Å²) in [5, 5.41) is 4.79. The van der Waals surface area contributed by atoms with Gasteiger partial charge in [0.25, 0.3) is 0 Å². The molecule has 0 aliphatic carbocycles. The molecule has 0 saturated carbocycles. The van der Waals surface area contributed by atoms with Crippen LogP contribution in [0.5, 0.6) is 11.5 Å². The summed E-state index contributed by atoms with van der Waals surface area (Å²) in [7, 11) is 1.69. The fourth-order valence-electron chi connectivity index (χ4n) is 3.24. The summed E-state index contributed by atoms with van der Waals surface area (Å²) in [5.74, 6) is 3.67. The Bertz CT molecular complexity index is 740. The summed E-state index contributed by atoms with van der Waals surface area (Å²) < 4.78 is 23.7. The maximum absolute atomic E-state index is 5.50. The predicted molar refractivity (Wildman–Crippen MR) is 89.9 cm³/mol. The van der Waals surface area contributed by atoms with Crippen molar-refractivity contribution in [2.75, 3.05) is 27.1 Å². The SMILES string of the molecule is COC(C)c1nc(C2CCOCC2)nn1Cc1ccc2c(c1)OCO2. The van der Waals surface area contributed by atoms with Gasteiger partial charge in [0.2, 0.25) is 6.79 Å². The van der Waals surface area contributed by atoms with Crippen LogP contribution in [0.15, 0.2) is 18.2 Å². The molecule has 4 rings (SSSR count). The summed E-state index contributed by atoms with van der Waals surface area (Å²) in [6.07, 6.45) is 1.82. The predicted octanol–water partition coefficient (Wildman–Crippen LogP) is 2.66. The number of fused-ring (bicyclic) bond motifs is 1. The smallest absolute Gasteiger partial charge is 0.231 e. The average Bonchev–Trinajstić information content (AvgIpc) is 3.28. The van der Waals surface area contributed by atoms with Gasteiger partial charge in [-0.05, 0) is 37.5 Å². The van der Waals surface area contributed by atoms with Crippen LogP contribution in [0.4, 0.5) is 0 Å². The van der Waals surface area contributed by atoms with Crippen molar-refractivity contribution in [2.24, 2.45) is 0 Å². The van der Waals surface area contributed by atoms with Crippen LogP contribution in [0, 0.1) is 0 Å².